The Balaban J connectivity index is 1.86. The van der Waals surface area contributed by atoms with Crippen LogP contribution in [0.3, 0.4) is 0 Å². The minimum atomic E-state index is -0.960. The molecule has 1 saturated heterocycles. The lowest BCUT2D eigenvalue weighted by Crippen LogP contribution is -2.60. The van der Waals surface area contributed by atoms with Gasteiger partial charge in [-0.2, -0.15) is 0 Å². The average molecular weight is 314 g/mol. The van der Waals surface area contributed by atoms with Gasteiger partial charge >= 0.3 is 0 Å². The van der Waals surface area contributed by atoms with Crippen molar-refractivity contribution >= 4 is 5.91 Å². The highest BCUT2D eigenvalue weighted by Crippen LogP contribution is 2.35. The lowest BCUT2D eigenvalue weighted by molar-refractivity contribution is -0.0810. The molecule has 0 spiro atoms. The fraction of sp³-hybridized carbons (Fsp3) is 0.389. The lowest BCUT2D eigenvalue weighted by Gasteiger charge is -2.47. The molecule has 0 radical (unpaired) electrons. The lowest BCUT2D eigenvalue weighted by atomic mass is 9.79. The number of piperidine rings is 1. The van der Waals surface area contributed by atoms with Crippen molar-refractivity contribution in [1.29, 1.82) is 0 Å². The Kier molecular flexibility index (Phi) is 4.24. The highest BCUT2D eigenvalue weighted by atomic mass is 16.3. The van der Waals surface area contributed by atoms with Crippen molar-refractivity contribution in [2.24, 2.45) is 0 Å². The Morgan fingerprint density at radius 3 is 2.65 bits per heavy atom. The van der Waals surface area contributed by atoms with E-state index in [1.165, 1.54) is 12.5 Å². The van der Waals surface area contributed by atoms with Crippen LogP contribution in [0.5, 0.6) is 0 Å². The van der Waals surface area contributed by atoms with E-state index < -0.39 is 5.60 Å². The van der Waals surface area contributed by atoms with Gasteiger partial charge in [0.05, 0.1) is 17.9 Å². The number of likely N-dealkylation sites (tertiary alicyclic amines) is 1. The third kappa shape index (κ3) is 2.90. The topological polar surface area (TPSA) is 56.9 Å². The molecule has 1 fully saturated rings. The van der Waals surface area contributed by atoms with Crippen LogP contribution in [0, 0.1) is 0 Å². The van der Waals surface area contributed by atoms with Gasteiger partial charge in [0.15, 0.2) is 0 Å². The Hall–Kier alpha value is -2.11. The van der Waals surface area contributed by atoms with Gasteiger partial charge in [0.2, 0.25) is 0 Å². The van der Waals surface area contributed by atoms with E-state index in [4.69, 9.17) is 4.42 Å². The quantitative estimate of drug-likeness (QED) is 0.941. The number of benzene rings is 1. The first-order valence-electron chi connectivity index (χ1n) is 7.78. The number of hydrogen-bond acceptors (Lipinski definition) is 4. The van der Waals surface area contributed by atoms with Gasteiger partial charge in [-0.25, -0.2) is 0 Å². The molecule has 23 heavy (non-hydrogen) atoms. The van der Waals surface area contributed by atoms with Crippen LogP contribution in [0.15, 0.2) is 53.3 Å². The molecule has 0 bridgehead atoms. The zero-order valence-corrected chi connectivity index (χ0v) is 13.5. The van der Waals surface area contributed by atoms with E-state index in [1.807, 2.05) is 49.3 Å². The Morgan fingerprint density at radius 2 is 2.04 bits per heavy atom. The first kappa shape index (κ1) is 15.8. The second kappa shape index (κ2) is 6.18. The molecule has 1 aliphatic rings. The number of carbonyl (C=O) groups is 1. The third-order valence-corrected chi connectivity index (χ3v) is 4.66. The molecule has 1 amide bonds. The number of likely N-dealkylation sites (N-methyl/N-ethyl adjacent to an activating group) is 1. The molecule has 2 aromatic rings. The number of carbonyl (C=O) groups excluding carboxylic acids is 1. The minimum absolute atomic E-state index is 0.0549. The summed E-state index contributed by atoms with van der Waals surface area (Å²) >= 11 is 0. The van der Waals surface area contributed by atoms with Crippen molar-refractivity contribution in [2.75, 3.05) is 27.2 Å². The van der Waals surface area contributed by atoms with Crippen molar-refractivity contribution in [1.82, 2.24) is 9.80 Å². The molecule has 1 aliphatic heterocycles. The van der Waals surface area contributed by atoms with Gasteiger partial charge in [0.1, 0.15) is 11.9 Å². The van der Waals surface area contributed by atoms with E-state index in [1.54, 1.807) is 11.0 Å². The van der Waals surface area contributed by atoms with Crippen molar-refractivity contribution in [2.45, 2.75) is 18.1 Å². The number of nitrogens with zero attached hydrogens (tertiary/aromatic N) is 2. The molecule has 3 rings (SSSR count). The summed E-state index contributed by atoms with van der Waals surface area (Å²) in [5, 5.41) is 11.3. The molecule has 0 saturated carbocycles. The van der Waals surface area contributed by atoms with Crippen LogP contribution in [0.25, 0.3) is 0 Å². The molecular weight excluding hydrogens is 292 g/mol. The Bertz CT molecular complexity index is 654. The van der Waals surface area contributed by atoms with Crippen molar-refractivity contribution < 1.29 is 14.3 Å². The number of hydrogen-bond donors (Lipinski definition) is 1. The van der Waals surface area contributed by atoms with Gasteiger partial charge < -0.3 is 19.3 Å². The van der Waals surface area contributed by atoms with Crippen LogP contribution in [-0.2, 0) is 5.60 Å². The van der Waals surface area contributed by atoms with E-state index in [-0.39, 0.29) is 11.9 Å². The van der Waals surface area contributed by atoms with Crippen LogP contribution in [0.1, 0.15) is 22.3 Å². The summed E-state index contributed by atoms with van der Waals surface area (Å²) in [6.07, 6.45) is 3.47. The number of furan rings is 1. The summed E-state index contributed by atoms with van der Waals surface area (Å²) in [5.41, 5.74) is 0.486. The van der Waals surface area contributed by atoms with Gasteiger partial charge in [0, 0.05) is 13.1 Å². The van der Waals surface area contributed by atoms with Crippen LogP contribution >= 0.6 is 0 Å². The zero-order valence-electron chi connectivity index (χ0n) is 13.5. The minimum Gasteiger partial charge on any atom is -0.472 e. The molecule has 1 aromatic carbocycles. The first-order valence-corrected chi connectivity index (χ1v) is 7.78. The first-order chi connectivity index (χ1) is 11.0. The van der Waals surface area contributed by atoms with Crippen LogP contribution in [0.2, 0.25) is 0 Å². The molecule has 5 nitrogen and oxygen atoms in total. The predicted molar refractivity (Wildman–Crippen MR) is 87.0 cm³/mol. The predicted octanol–water partition coefficient (Wildman–Crippen LogP) is 1.94. The normalized spacial score (nSPS) is 24.9. The second-order valence-corrected chi connectivity index (χ2v) is 6.28. The van der Waals surface area contributed by atoms with Gasteiger partial charge in [-0.3, -0.25) is 4.79 Å². The second-order valence-electron chi connectivity index (χ2n) is 6.28. The average Bonchev–Trinajstić information content (AvgIpc) is 3.09. The highest BCUT2D eigenvalue weighted by molar-refractivity contribution is 5.93. The summed E-state index contributed by atoms with van der Waals surface area (Å²) in [6, 6.07) is 11.2. The van der Waals surface area contributed by atoms with E-state index in [2.05, 4.69) is 0 Å². The molecule has 122 valence electrons. The molecule has 2 atom stereocenters. The van der Waals surface area contributed by atoms with Crippen molar-refractivity contribution in [3.63, 3.8) is 0 Å². The molecule has 0 unspecified atom stereocenters. The van der Waals surface area contributed by atoms with E-state index in [0.29, 0.717) is 25.1 Å². The van der Waals surface area contributed by atoms with Crippen molar-refractivity contribution in [3.8, 4) is 0 Å². The van der Waals surface area contributed by atoms with Gasteiger partial charge in [0.25, 0.3) is 5.91 Å². The maximum absolute atomic E-state index is 12.5. The summed E-state index contributed by atoms with van der Waals surface area (Å²) in [4.78, 5) is 16.3. The molecule has 2 heterocycles. The van der Waals surface area contributed by atoms with E-state index in [0.717, 1.165) is 5.56 Å². The highest BCUT2D eigenvalue weighted by Gasteiger charge is 2.45. The van der Waals surface area contributed by atoms with Crippen molar-refractivity contribution in [3.05, 3.63) is 60.1 Å². The zero-order chi connectivity index (χ0) is 16.4. The fourth-order valence-electron chi connectivity index (χ4n) is 3.33. The largest absolute Gasteiger partial charge is 0.472 e. The van der Waals surface area contributed by atoms with Gasteiger partial charge in [-0.15, -0.1) is 0 Å². The number of rotatable bonds is 3. The Labute approximate surface area is 136 Å². The SMILES string of the molecule is CN(C)[C@@H]1CN(C(=O)c2ccoc2)CC[C@]1(O)c1ccccc1. The summed E-state index contributed by atoms with van der Waals surface area (Å²) < 4.78 is 5.00. The van der Waals surface area contributed by atoms with Crippen LogP contribution < -0.4 is 0 Å². The van der Waals surface area contributed by atoms with Crippen LogP contribution in [0.4, 0.5) is 0 Å². The molecule has 5 heteroatoms. The summed E-state index contributed by atoms with van der Waals surface area (Å²) in [5.74, 6) is -0.0549. The molecular formula is C18H22N2O3. The van der Waals surface area contributed by atoms with Gasteiger partial charge in [-0.1, -0.05) is 30.3 Å². The number of aliphatic hydroxyl groups is 1. The van der Waals surface area contributed by atoms with E-state index in [9.17, 15) is 9.90 Å². The standard InChI is InChI=1S/C18H22N2O3/c1-19(2)16-12-20(17(21)14-8-11-23-13-14)10-9-18(16,22)15-6-4-3-5-7-15/h3-8,11,13,16,22H,9-10,12H2,1-2H3/t16-,18+/m1/s1. The van der Waals surface area contributed by atoms with E-state index >= 15 is 0 Å². The third-order valence-electron chi connectivity index (χ3n) is 4.66. The monoisotopic (exact) mass is 314 g/mol. The summed E-state index contributed by atoms with van der Waals surface area (Å²) in [6.45, 7) is 0.988. The molecule has 0 aliphatic carbocycles. The number of amides is 1. The molecule has 1 N–H and O–H groups in total. The van der Waals surface area contributed by atoms with Gasteiger partial charge in [-0.05, 0) is 32.1 Å². The molecule has 1 aromatic heterocycles. The fourth-order valence-corrected chi connectivity index (χ4v) is 3.33. The maximum Gasteiger partial charge on any atom is 0.257 e. The summed E-state index contributed by atoms with van der Waals surface area (Å²) in [7, 11) is 3.87. The Morgan fingerprint density at radius 1 is 1.30 bits per heavy atom. The maximum atomic E-state index is 12.5. The van der Waals surface area contributed by atoms with Crippen LogP contribution in [-0.4, -0.2) is 54.0 Å². The smallest absolute Gasteiger partial charge is 0.257 e.